The van der Waals surface area contributed by atoms with Crippen molar-refractivity contribution in [3.05, 3.63) is 33.4 Å². The van der Waals surface area contributed by atoms with E-state index in [2.05, 4.69) is 5.10 Å². The van der Waals surface area contributed by atoms with Crippen LogP contribution in [0, 0.1) is 11.3 Å². The van der Waals surface area contributed by atoms with E-state index in [1.807, 2.05) is 0 Å². The van der Waals surface area contributed by atoms with E-state index in [0.29, 0.717) is 16.8 Å². The highest BCUT2D eigenvalue weighted by molar-refractivity contribution is 7.99. The molecule has 0 fully saturated rings. The van der Waals surface area contributed by atoms with E-state index >= 15 is 0 Å². The van der Waals surface area contributed by atoms with Crippen LogP contribution in [0.2, 0.25) is 10.0 Å². The van der Waals surface area contributed by atoms with Crippen molar-refractivity contribution in [2.24, 2.45) is 0 Å². The Balaban J connectivity index is 2.66. The third-order valence-electron chi connectivity index (χ3n) is 2.72. The van der Waals surface area contributed by atoms with Gasteiger partial charge in [-0.15, -0.1) is 0 Å². The summed E-state index contributed by atoms with van der Waals surface area (Å²) in [6.07, 6.45) is -4.71. The molecule has 24 heavy (non-hydrogen) atoms. The lowest BCUT2D eigenvalue weighted by atomic mass is 10.2. The molecule has 0 atom stereocenters. The van der Waals surface area contributed by atoms with Gasteiger partial charge in [0, 0.05) is 0 Å². The number of alkyl halides is 5. The molecule has 128 valence electrons. The highest BCUT2D eigenvalue weighted by Crippen LogP contribution is 2.40. The molecule has 0 saturated heterocycles. The maximum absolute atomic E-state index is 12.9. The molecule has 2 aromatic rings. The predicted octanol–water partition coefficient (Wildman–Crippen LogP) is 4.97. The summed E-state index contributed by atoms with van der Waals surface area (Å²) in [6.45, 7) is 0. The molecule has 0 spiro atoms. The highest BCUT2D eigenvalue weighted by Gasteiger charge is 2.33. The first-order valence-electron chi connectivity index (χ1n) is 6.27. The molecule has 12 heteroatoms. The minimum absolute atomic E-state index is 0.314. The van der Waals surface area contributed by atoms with Crippen molar-refractivity contribution in [3.8, 4) is 11.8 Å². The summed E-state index contributed by atoms with van der Waals surface area (Å²) in [6, 6.07) is 2.62. The lowest BCUT2D eigenvalue weighted by molar-refractivity contribution is -0.137. The SMILES string of the molecule is [2H]C(F)(F)Sc1c(C#N)nn(-c2c(Cl)cc(C(F)(F)F)cc2Cl)c1N. The van der Waals surface area contributed by atoms with E-state index in [1.54, 1.807) is 0 Å². The summed E-state index contributed by atoms with van der Waals surface area (Å²) < 4.78 is 71.3. The van der Waals surface area contributed by atoms with Gasteiger partial charge in [0.15, 0.2) is 5.69 Å². The Morgan fingerprint density at radius 1 is 1.33 bits per heavy atom. The smallest absolute Gasteiger partial charge is 0.383 e. The molecule has 0 aliphatic heterocycles. The molecule has 1 aromatic heterocycles. The molecule has 0 radical (unpaired) electrons. The van der Waals surface area contributed by atoms with E-state index in [1.165, 1.54) is 6.07 Å². The second kappa shape index (κ2) is 6.66. The Hall–Kier alpha value is -1.70. The first-order chi connectivity index (χ1) is 11.3. The Bertz CT molecular complexity index is 849. The number of thioether (sulfide) groups is 1. The van der Waals surface area contributed by atoms with Gasteiger partial charge in [-0.2, -0.15) is 32.3 Å². The second-order valence-electron chi connectivity index (χ2n) is 4.20. The number of benzene rings is 1. The number of aromatic nitrogens is 2. The van der Waals surface area contributed by atoms with Crippen molar-refractivity contribution in [3.63, 3.8) is 0 Å². The number of halogens is 7. The third kappa shape index (κ3) is 3.53. The largest absolute Gasteiger partial charge is 0.416 e. The zero-order chi connectivity index (χ0) is 19.2. The average Bonchev–Trinajstić information content (AvgIpc) is 2.73. The second-order valence-corrected chi connectivity index (χ2v) is 5.94. The van der Waals surface area contributed by atoms with Gasteiger partial charge in [-0.3, -0.25) is 0 Å². The van der Waals surface area contributed by atoms with Crippen molar-refractivity contribution in [1.29, 1.82) is 5.26 Å². The van der Waals surface area contributed by atoms with Crippen LogP contribution in [0.25, 0.3) is 5.69 Å². The van der Waals surface area contributed by atoms with Crippen molar-refractivity contribution < 1.29 is 23.3 Å². The highest BCUT2D eigenvalue weighted by atomic mass is 35.5. The van der Waals surface area contributed by atoms with E-state index in [9.17, 15) is 22.0 Å². The molecular weight excluding hydrogens is 398 g/mol. The number of nitrogens with two attached hydrogens (primary N) is 1. The van der Waals surface area contributed by atoms with Gasteiger partial charge in [0.25, 0.3) is 5.73 Å². The van der Waals surface area contributed by atoms with Crippen molar-refractivity contribution in [1.82, 2.24) is 9.78 Å². The van der Waals surface area contributed by atoms with E-state index < -0.39 is 43.9 Å². The van der Waals surface area contributed by atoms with Crippen LogP contribution >= 0.6 is 35.0 Å². The predicted molar refractivity (Wildman–Crippen MR) is 79.6 cm³/mol. The molecule has 4 nitrogen and oxygen atoms in total. The topological polar surface area (TPSA) is 67.6 Å². The summed E-state index contributed by atoms with van der Waals surface area (Å²) in [5, 5.41) is 11.6. The maximum atomic E-state index is 12.9. The minimum atomic E-state index is -4.71. The van der Waals surface area contributed by atoms with Crippen LogP contribution in [0.5, 0.6) is 0 Å². The first kappa shape index (κ1) is 17.1. The average molecular weight is 404 g/mol. The standard InChI is InChI=1S/C12H5Cl2F5N4S/c13-5-1-4(12(17,18)19)2-6(14)8(5)23-10(21)9(24-11(15)16)7(3-20)22-23/h1-2,11H,21H2/i11D. The Labute approximate surface area is 147 Å². The first-order valence-corrected chi connectivity index (χ1v) is 7.34. The molecule has 1 heterocycles. The number of hydrogen-bond donors (Lipinski definition) is 1. The third-order valence-corrected chi connectivity index (χ3v) is 4.05. The fourth-order valence-corrected chi connectivity index (χ4v) is 2.95. The molecule has 0 aliphatic carbocycles. The summed E-state index contributed by atoms with van der Waals surface area (Å²) >= 11 is 11.3. The number of anilines is 1. The Morgan fingerprint density at radius 3 is 2.29 bits per heavy atom. The van der Waals surface area contributed by atoms with Crippen LogP contribution in [-0.2, 0) is 6.18 Å². The number of nitrogens with zero attached hydrogens (tertiary/aromatic N) is 3. The molecular formula is C12H5Cl2F5N4S. The van der Waals surface area contributed by atoms with Crippen LogP contribution in [0.3, 0.4) is 0 Å². The van der Waals surface area contributed by atoms with Gasteiger partial charge in [-0.05, 0) is 23.9 Å². The molecule has 1 aromatic carbocycles. The summed E-state index contributed by atoms with van der Waals surface area (Å²) in [4.78, 5) is -0.519. The molecule has 2 rings (SSSR count). The van der Waals surface area contributed by atoms with Crippen molar-refractivity contribution in [2.75, 3.05) is 5.73 Å². The molecule has 0 bridgehead atoms. The van der Waals surface area contributed by atoms with Crippen molar-refractivity contribution in [2.45, 2.75) is 16.8 Å². The number of nitriles is 1. The zero-order valence-electron chi connectivity index (χ0n) is 12.1. The van der Waals surface area contributed by atoms with Crippen LogP contribution in [0.1, 0.15) is 12.6 Å². The number of nitrogen functional groups attached to an aromatic ring is 1. The van der Waals surface area contributed by atoms with Gasteiger partial charge in [-0.25, -0.2) is 4.68 Å². The monoisotopic (exact) mass is 403 g/mol. The van der Waals surface area contributed by atoms with E-state index in [-0.39, 0.29) is 17.4 Å². The molecule has 2 N–H and O–H groups in total. The van der Waals surface area contributed by atoms with Crippen LogP contribution in [-0.4, -0.2) is 15.5 Å². The van der Waals surface area contributed by atoms with Crippen LogP contribution in [0.4, 0.5) is 27.8 Å². The maximum Gasteiger partial charge on any atom is 0.416 e. The normalized spacial score (nSPS) is 12.8. The number of rotatable bonds is 3. The van der Waals surface area contributed by atoms with Gasteiger partial charge < -0.3 is 5.73 Å². The van der Waals surface area contributed by atoms with Crippen LogP contribution in [0.15, 0.2) is 17.0 Å². The lowest BCUT2D eigenvalue weighted by Crippen LogP contribution is -2.08. The Morgan fingerprint density at radius 2 is 1.88 bits per heavy atom. The van der Waals surface area contributed by atoms with Gasteiger partial charge in [0.2, 0.25) is 0 Å². The zero-order valence-corrected chi connectivity index (χ0v) is 13.5. The summed E-state index contributed by atoms with van der Waals surface area (Å²) in [7, 11) is 0. The van der Waals surface area contributed by atoms with E-state index in [4.69, 9.17) is 35.6 Å². The van der Waals surface area contributed by atoms with Gasteiger partial charge >= 0.3 is 6.18 Å². The molecule has 0 unspecified atom stereocenters. The fourth-order valence-electron chi connectivity index (χ4n) is 1.77. The summed E-state index contributed by atoms with van der Waals surface area (Å²) in [5.41, 5.74) is -0.363. The fraction of sp³-hybridized carbons (Fsp3) is 0.167. The van der Waals surface area contributed by atoms with E-state index in [0.717, 1.165) is 0 Å². The van der Waals surface area contributed by atoms with Crippen molar-refractivity contribution >= 4 is 40.8 Å². The lowest BCUT2D eigenvalue weighted by Gasteiger charge is -2.13. The minimum Gasteiger partial charge on any atom is -0.383 e. The van der Waals surface area contributed by atoms with Crippen LogP contribution < -0.4 is 5.73 Å². The number of hydrogen-bond acceptors (Lipinski definition) is 4. The molecule has 0 aliphatic rings. The quantitative estimate of drug-likeness (QED) is 0.580. The Kier molecular flexibility index (Phi) is 4.76. The van der Waals surface area contributed by atoms with Gasteiger partial charge in [-0.1, -0.05) is 23.2 Å². The molecule has 0 saturated carbocycles. The molecule has 0 amide bonds. The van der Waals surface area contributed by atoms with Gasteiger partial charge in [0.1, 0.15) is 18.9 Å². The van der Waals surface area contributed by atoms with Gasteiger partial charge in [0.05, 0.1) is 20.5 Å². The summed E-state index contributed by atoms with van der Waals surface area (Å²) in [5.74, 6) is -0.517.